The van der Waals surface area contributed by atoms with Crippen LogP contribution in [0.1, 0.15) is 15.9 Å². The van der Waals surface area contributed by atoms with Crippen molar-refractivity contribution in [2.24, 2.45) is 0 Å². The first-order valence-corrected chi connectivity index (χ1v) is 10.9. The summed E-state index contributed by atoms with van der Waals surface area (Å²) in [6.07, 6.45) is 1.71. The zero-order valence-electron chi connectivity index (χ0n) is 16.4. The number of benzene rings is 3. The second kappa shape index (κ2) is 8.08. The summed E-state index contributed by atoms with van der Waals surface area (Å²) in [5.74, 6) is -0.0692. The second-order valence-electron chi connectivity index (χ2n) is 6.95. The molecule has 5 rings (SSSR count). The molecule has 0 amide bonds. The minimum absolute atomic E-state index is 0.0692. The number of aromatic amines is 1. The maximum absolute atomic E-state index is 13.4. The highest BCUT2D eigenvalue weighted by molar-refractivity contribution is 7.85. The summed E-state index contributed by atoms with van der Waals surface area (Å²) in [5.41, 5.74) is 4.03. The molecule has 0 aliphatic heterocycles. The van der Waals surface area contributed by atoms with Gasteiger partial charge in [-0.3, -0.25) is 9.78 Å². The third kappa shape index (κ3) is 3.69. The van der Waals surface area contributed by atoms with Crippen LogP contribution in [0.3, 0.4) is 0 Å². The van der Waals surface area contributed by atoms with Crippen LogP contribution in [0.15, 0.2) is 107 Å². The van der Waals surface area contributed by atoms with Gasteiger partial charge in [0.25, 0.3) is 0 Å². The highest BCUT2D eigenvalue weighted by Gasteiger charge is 2.18. The molecule has 0 saturated heterocycles. The predicted molar refractivity (Wildman–Crippen MR) is 120 cm³/mol. The van der Waals surface area contributed by atoms with Crippen LogP contribution in [0.4, 0.5) is 0 Å². The summed E-state index contributed by atoms with van der Waals surface area (Å²) >= 11 is 0. The first-order valence-electron chi connectivity index (χ1n) is 9.72. The van der Waals surface area contributed by atoms with Gasteiger partial charge in [-0.25, -0.2) is 9.19 Å². The quantitative estimate of drug-likeness (QED) is 0.403. The first kappa shape index (κ1) is 19.1. The molecule has 6 heteroatoms. The number of hydrogen-bond donors (Lipinski definition) is 1. The van der Waals surface area contributed by atoms with E-state index in [0.29, 0.717) is 32.2 Å². The molecular weight excluding hydrogens is 406 g/mol. The smallest absolute Gasteiger partial charge is 0.202 e. The molecule has 150 valence electrons. The van der Waals surface area contributed by atoms with E-state index in [0.717, 1.165) is 11.3 Å². The molecule has 2 aromatic heterocycles. The molecule has 0 bridgehead atoms. The van der Waals surface area contributed by atoms with Crippen LogP contribution in [0.5, 0.6) is 0 Å². The lowest BCUT2D eigenvalue weighted by molar-refractivity contribution is 0.103. The van der Waals surface area contributed by atoms with Crippen LogP contribution < -0.4 is 0 Å². The Morgan fingerprint density at radius 1 is 0.806 bits per heavy atom. The van der Waals surface area contributed by atoms with E-state index in [1.54, 1.807) is 36.5 Å². The maximum Gasteiger partial charge on any atom is 0.202 e. The number of nitrogens with one attached hydrogen (secondary N) is 1. The standard InChI is InChI=1S/C25H17N3O2S/c29-24(17-8-2-1-3-9-17)18-13-14-21-22(16-18)28-25(27-21)31(30)23-12-5-4-10-19(23)20-11-6-7-15-26-20/h1-16H,(H,27,28). The lowest BCUT2D eigenvalue weighted by Gasteiger charge is -2.07. The third-order valence-corrected chi connectivity index (χ3v) is 6.26. The van der Waals surface area contributed by atoms with Crippen LogP contribution in [0, 0.1) is 0 Å². The minimum Gasteiger partial charge on any atom is -0.331 e. The molecule has 0 radical (unpaired) electrons. The Morgan fingerprint density at radius 2 is 1.58 bits per heavy atom. The van der Waals surface area contributed by atoms with Gasteiger partial charge in [0.2, 0.25) is 5.16 Å². The molecule has 0 saturated carbocycles. The average Bonchev–Trinajstić information content (AvgIpc) is 3.28. The van der Waals surface area contributed by atoms with Gasteiger partial charge in [-0.2, -0.15) is 0 Å². The largest absolute Gasteiger partial charge is 0.331 e. The van der Waals surface area contributed by atoms with E-state index >= 15 is 0 Å². The van der Waals surface area contributed by atoms with Crippen molar-refractivity contribution in [2.45, 2.75) is 10.1 Å². The van der Waals surface area contributed by atoms with E-state index in [9.17, 15) is 9.00 Å². The molecular formula is C25H17N3O2S. The van der Waals surface area contributed by atoms with E-state index in [1.807, 2.05) is 60.7 Å². The fraction of sp³-hybridized carbons (Fsp3) is 0. The highest BCUT2D eigenvalue weighted by atomic mass is 32.2. The van der Waals surface area contributed by atoms with Crippen molar-refractivity contribution in [3.8, 4) is 11.3 Å². The van der Waals surface area contributed by atoms with Gasteiger partial charge in [-0.1, -0.05) is 54.6 Å². The number of ketones is 1. The second-order valence-corrected chi connectivity index (χ2v) is 8.31. The molecule has 5 nitrogen and oxygen atoms in total. The SMILES string of the molecule is O=C(c1ccccc1)c1ccc2nc(S(=O)c3ccccc3-c3ccccn3)[nH]c2c1. The zero-order chi connectivity index (χ0) is 21.2. The molecule has 1 N–H and O–H groups in total. The van der Waals surface area contributed by atoms with Gasteiger partial charge in [-0.05, 0) is 36.4 Å². The van der Waals surface area contributed by atoms with Crippen molar-refractivity contribution in [3.63, 3.8) is 0 Å². The fourth-order valence-corrected chi connectivity index (χ4v) is 4.60. The maximum atomic E-state index is 13.4. The molecule has 0 aliphatic carbocycles. The summed E-state index contributed by atoms with van der Waals surface area (Å²) in [7, 11) is -1.54. The Labute approximate surface area is 181 Å². The summed E-state index contributed by atoms with van der Waals surface area (Å²) < 4.78 is 13.4. The normalized spacial score (nSPS) is 12.0. The molecule has 2 heterocycles. The number of pyridine rings is 1. The van der Waals surface area contributed by atoms with E-state index < -0.39 is 10.8 Å². The van der Waals surface area contributed by atoms with E-state index in [4.69, 9.17) is 0 Å². The van der Waals surface area contributed by atoms with E-state index in [1.165, 1.54) is 0 Å². The van der Waals surface area contributed by atoms with E-state index in [-0.39, 0.29) is 5.78 Å². The van der Waals surface area contributed by atoms with Gasteiger partial charge in [0.1, 0.15) is 10.8 Å². The number of fused-ring (bicyclic) bond motifs is 1. The van der Waals surface area contributed by atoms with Gasteiger partial charge in [-0.15, -0.1) is 0 Å². The summed E-state index contributed by atoms with van der Waals surface area (Å²) in [6, 6.07) is 27.5. The molecule has 1 atom stereocenters. The lowest BCUT2D eigenvalue weighted by Crippen LogP contribution is -2.00. The van der Waals surface area contributed by atoms with Crippen LogP contribution >= 0.6 is 0 Å². The Hall–Kier alpha value is -3.90. The third-order valence-electron chi connectivity index (χ3n) is 4.96. The van der Waals surface area contributed by atoms with Crippen molar-refractivity contribution in [3.05, 3.63) is 108 Å². The Balaban J connectivity index is 1.52. The average molecular weight is 423 g/mol. The van der Waals surface area contributed by atoms with Crippen molar-refractivity contribution >= 4 is 27.6 Å². The monoisotopic (exact) mass is 423 g/mol. The van der Waals surface area contributed by atoms with Gasteiger partial charge in [0.15, 0.2) is 5.78 Å². The number of imidazole rings is 1. The minimum atomic E-state index is -1.54. The molecule has 31 heavy (non-hydrogen) atoms. The molecule has 0 fully saturated rings. The molecule has 0 spiro atoms. The van der Waals surface area contributed by atoms with Crippen LogP contribution in [0.25, 0.3) is 22.3 Å². The van der Waals surface area contributed by atoms with Crippen molar-refractivity contribution in [1.29, 1.82) is 0 Å². The Kier molecular flexibility index (Phi) is 4.98. The first-order chi connectivity index (χ1) is 15.2. The number of aromatic nitrogens is 3. The number of hydrogen-bond acceptors (Lipinski definition) is 4. The predicted octanol–water partition coefficient (Wildman–Crippen LogP) is 5.02. The fourth-order valence-electron chi connectivity index (χ4n) is 3.44. The Bertz CT molecular complexity index is 1410. The van der Waals surface area contributed by atoms with Crippen LogP contribution in [0.2, 0.25) is 0 Å². The van der Waals surface area contributed by atoms with Gasteiger partial charge in [0.05, 0.1) is 21.6 Å². The number of carbonyl (C=O) groups excluding carboxylic acids is 1. The molecule has 3 aromatic carbocycles. The number of H-pyrrole nitrogens is 1. The van der Waals surface area contributed by atoms with Gasteiger partial charge in [0, 0.05) is 22.9 Å². The topological polar surface area (TPSA) is 75.7 Å². The lowest BCUT2D eigenvalue weighted by atomic mass is 10.0. The highest BCUT2D eigenvalue weighted by Crippen LogP contribution is 2.28. The van der Waals surface area contributed by atoms with Crippen molar-refractivity contribution in [2.75, 3.05) is 0 Å². The molecule has 1 unspecified atom stereocenters. The summed E-state index contributed by atoms with van der Waals surface area (Å²) in [4.78, 5) is 25.4. The Morgan fingerprint density at radius 3 is 2.39 bits per heavy atom. The summed E-state index contributed by atoms with van der Waals surface area (Å²) in [6.45, 7) is 0. The van der Waals surface area contributed by atoms with Gasteiger partial charge < -0.3 is 4.98 Å². The van der Waals surface area contributed by atoms with E-state index in [2.05, 4.69) is 15.0 Å². The van der Waals surface area contributed by atoms with Crippen molar-refractivity contribution in [1.82, 2.24) is 15.0 Å². The summed E-state index contributed by atoms with van der Waals surface area (Å²) in [5, 5.41) is 0.336. The van der Waals surface area contributed by atoms with Gasteiger partial charge >= 0.3 is 0 Å². The number of carbonyl (C=O) groups is 1. The van der Waals surface area contributed by atoms with Crippen LogP contribution in [-0.2, 0) is 10.8 Å². The number of rotatable bonds is 5. The van der Waals surface area contributed by atoms with Crippen LogP contribution in [-0.4, -0.2) is 24.9 Å². The van der Waals surface area contributed by atoms with Crippen molar-refractivity contribution < 1.29 is 9.00 Å². The molecule has 5 aromatic rings. The zero-order valence-corrected chi connectivity index (χ0v) is 17.2. The molecule has 0 aliphatic rings. The number of nitrogens with zero attached hydrogens (tertiary/aromatic N) is 2.